The van der Waals surface area contributed by atoms with Gasteiger partial charge in [0.15, 0.2) is 0 Å². The van der Waals surface area contributed by atoms with Crippen LogP contribution in [0.25, 0.3) is 0 Å². The maximum absolute atomic E-state index is 4.32. The van der Waals surface area contributed by atoms with Crippen molar-refractivity contribution in [1.82, 2.24) is 14.5 Å². The highest BCUT2D eigenvalue weighted by atomic mass is 15.2. The highest BCUT2D eigenvalue weighted by Crippen LogP contribution is 2.13. The molecular weight excluding hydrogens is 188 g/mol. The molecule has 0 fully saturated rings. The second kappa shape index (κ2) is 5.16. The van der Waals surface area contributed by atoms with Crippen molar-refractivity contribution in [3.8, 4) is 0 Å². The molecule has 0 saturated heterocycles. The number of anilines is 1. The zero-order valence-corrected chi connectivity index (χ0v) is 10.4. The van der Waals surface area contributed by atoms with Crippen molar-refractivity contribution in [2.75, 3.05) is 26.0 Å². The molecule has 1 rings (SSSR count). The van der Waals surface area contributed by atoms with E-state index in [1.54, 1.807) is 0 Å². The largest absolute Gasteiger partial charge is 0.352 e. The van der Waals surface area contributed by atoms with Crippen LogP contribution in [0.1, 0.15) is 26.8 Å². The molecule has 1 aromatic heterocycles. The Labute approximate surface area is 92.3 Å². The second-order valence-corrected chi connectivity index (χ2v) is 4.56. The monoisotopic (exact) mass is 210 g/mol. The topological polar surface area (TPSA) is 33.1 Å². The van der Waals surface area contributed by atoms with E-state index >= 15 is 0 Å². The molecule has 0 spiro atoms. The van der Waals surface area contributed by atoms with Crippen molar-refractivity contribution in [2.24, 2.45) is 0 Å². The van der Waals surface area contributed by atoms with Crippen LogP contribution in [0.4, 0.5) is 5.95 Å². The second-order valence-electron chi connectivity index (χ2n) is 4.56. The van der Waals surface area contributed by atoms with E-state index in [1.165, 1.54) is 0 Å². The number of imidazole rings is 1. The predicted octanol–water partition coefficient (Wildman–Crippen LogP) is 1.83. The standard InChI is InChI=1S/C11H22N4/c1-9(2)15-7-6-12-11(15)13-10(3)8-14(4)5/h6-7,9-10H,8H2,1-5H3,(H,12,13). The van der Waals surface area contributed by atoms with E-state index in [4.69, 9.17) is 0 Å². The van der Waals surface area contributed by atoms with Crippen LogP contribution >= 0.6 is 0 Å². The van der Waals surface area contributed by atoms with Crippen molar-refractivity contribution in [2.45, 2.75) is 32.9 Å². The molecule has 0 radical (unpaired) electrons. The van der Waals surface area contributed by atoms with E-state index in [-0.39, 0.29) is 0 Å². The van der Waals surface area contributed by atoms with Gasteiger partial charge >= 0.3 is 0 Å². The fourth-order valence-corrected chi connectivity index (χ4v) is 1.66. The molecule has 0 aliphatic rings. The lowest BCUT2D eigenvalue weighted by molar-refractivity contribution is 0.390. The summed E-state index contributed by atoms with van der Waals surface area (Å²) in [5.41, 5.74) is 0. The molecule has 1 unspecified atom stereocenters. The van der Waals surface area contributed by atoms with Gasteiger partial charge in [-0.3, -0.25) is 0 Å². The smallest absolute Gasteiger partial charge is 0.203 e. The SMILES string of the molecule is CC(CN(C)C)Nc1nccn1C(C)C. The van der Waals surface area contributed by atoms with Crippen LogP contribution in [-0.4, -0.2) is 41.1 Å². The quantitative estimate of drug-likeness (QED) is 0.805. The minimum Gasteiger partial charge on any atom is -0.352 e. The first-order valence-electron chi connectivity index (χ1n) is 5.44. The Bertz CT molecular complexity index is 291. The number of nitrogens with zero attached hydrogens (tertiary/aromatic N) is 3. The third-order valence-electron chi connectivity index (χ3n) is 2.24. The number of hydrogen-bond donors (Lipinski definition) is 1. The van der Waals surface area contributed by atoms with Gasteiger partial charge in [-0.25, -0.2) is 4.98 Å². The van der Waals surface area contributed by atoms with Crippen LogP contribution in [0.2, 0.25) is 0 Å². The summed E-state index contributed by atoms with van der Waals surface area (Å²) in [5.74, 6) is 0.958. The number of likely N-dealkylation sites (N-methyl/N-ethyl adjacent to an activating group) is 1. The average molecular weight is 210 g/mol. The minimum atomic E-state index is 0.403. The first-order valence-corrected chi connectivity index (χ1v) is 5.44. The van der Waals surface area contributed by atoms with Gasteiger partial charge in [0, 0.05) is 31.0 Å². The maximum atomic E-state index is 4.32. The number of hydrogen-bond acceptors (Lipinski definition) is 3. The molecule has 0 bridgehead atoms. The third kappa shape index (κ3) is 3.55. The maximum Gasteiger partial charge on any atom is 0.203 e. The van der Waals surface area contributed by atoms with Crippen molar-refractivity contribution < 1.29 is 0 Å². The summed E-state index contributed by atoms with van der Waals surface area (Å²) in [5, 5.41) is 3.41. The van der Waals surface area contributed by atoms with E-state index in [2.05, 4.69) is 54.6 Å². The van der Waals surface area contributed by atoms with Crippen LogP contribution < -0.4 is 5.32 Å². The fraction of sp³-hybridized carbons (Fsp3) is 0.727. The molecular formula is C11H22N4. The highest BCUT2D eigenvalue weighted by Gasteiger charge is 2.09. The molecule has 0 aliphatic heterocycles. The summed E-state index contributed by atoms with van der Waals surface area (Å²) in [7, 11) is 4.15. The molecule has 0 aliphatic carbocycles. The third-order valence-corrected chi connectivity index (χ3v) is 2.24. The van der Waals surface area contributed by atoms with Crippen LogP contribution in [0.5, 0.6) is 0 Å². The summed E-state index contributed by atoms with van der Waals surface area (Å²) < 4.78 is 2.14. The Morgan fingerprint density at radius 2 is 2.07 bits per heavy atom. The van der Waals surface area contributed by atoms with Crippen molar-refractivity contribution in [3.05, 3.63) is 12.4 Å². The highest BCUT2D eigenvalue weighted by molar-refractivity contribution is 5.28. The van der Waals surface area contributed by atoms with E-state index in [9.17, 15) is 0 Å². The Morgan fingerprint density at radius 3 is 2.60 bits per heavy atom. The zero-order valence-electron chi connectivity index (χ0n) is 10.4. The molecule has 1 atom stereocenters. The molecule has 0 amide bonds. The first-order chi connectivity index (χ1) is 7.00. The summed E-state index contributed by atoms with van der Waals surface area (Å²) in [4.78, 5) is 6.49. The lowest BCUT2D eigenvalue weighted by atomic mass is 10.3. The lowest BCUT2D eigenvalue weighted by Crippen LogP contribution is -2.30. The van der Waals surface area contributed by atoms with Crippen molar-refractivity contribution >= 4 is 5.95 Å². The van der Waals surface area contributed by atoms with Gasteiger partial charge in [0.1, 0.15) is 0 Å². The fourth-order valence-electron chi connectivity index (χ4n) is 1.66. The molecule has 1 heterocycles. The molecule has 1 N–H and O–H groups in total. The average Bonchev–Trinajstić information content (AvgIpc) is 2.50. The summed E-state index contributed by atoms with van der Waals surface area (Å²) in [6.45, 7) is 7.48. The van der Waals surface area contributed by atoms with E-state index in [0.717, 1.165) is 12.5 Å². The van der Waals surface area contributed by atoms with Gasteiger partial charge in [-0.2, -0.15) is 0 Å². The summed E-state index contributed by atoms with van der Waals surface area (Å²) in [6, 6.07) is 0.849. The van der Waals surface area contributed by atoms with Gasteiger partial charge < -0.3 is 14.8 Å². The van der Waals surface area contributed by atoms with Gasteiger partial charge in [0.25, 0.3) is 0 Å². The normalized spacial score (nSPS) is 13.5. The summed E-state index contributed by atoms with van der Waals surface area (Å²) >= 11 is 0. The molecule has 4 heteroatoms. The van der Waals surface area contributed by atoms with E-state index < -0.39 is 0 Å². The van der Waals surface area contributed by atoms with Gasteiger partial charge in [0.2, 0.25) is 5.95 Å². The van der Waals surface area contributed by atoms with Gasteiger partial charge in [-0.1, -0.05) is 0 Å². The van der Waals surface area contributed by atoms with Crippen LogP contribution in [0.3, 0.4) is 0 Å². The predicted molar refractivity (Wildman–Crippen MR) is 64.3 cm³/mol. The summed E-state index contributed by atoms with van der Waals surface area (Å²) in [6.07, 6.45) is 3.85. The molecule has 4 nitrogen and oxygen atoms in total. The zero-order chi connectivity index (χ0) is 11.4. The van der Waals surface area contributed by atoms with Gasteiger partial charge in [0.05, 0.1) is 0 Å². The molecule has 1 aromatic rings. The Morgan fingerprint density at radius 1 is 1.40 bits per heavy atom. The van der Waals surface area contributed by atoms with Crippen LogP contribution in [0.15, 0.2) is 12.4 Å². The molecule has 86 valence electrons. The van der Waals surface area contributed by atoms with Crippen molar-refractivity contribution in [1.29, 1.82) is 0 Å². The first kappa shape index (κ1) is 12.0. The van der Waals surface area contributed by atoms with Crippen LogP contribution in [-0.2, 0) is 0 Å². The number of nitrogens with one attached hydrogen (secondary N) is 1. The minimum absolute atomic E-state index is 0.403. The van der Waals surface area contributed by atoms with E-state index in [1.807, 2.05) is 12.4 Å². The Kier molecular flexibility index (Phi) is 4.15. The number of aromatic nitrogens is 2. The van der Waals surface area contributed by atoms with E-state index in [0.29, 0.717) is 12.1 Å². The van der Waals surface area contributed by atoms with Crippen molar-refractivity contribution in [3.63, 3.8) is 0 Å². The van der Waals surface area contributed by atoms with Gasteiger partial charge in [-0.05, 0) is 34.9 Å². The molecule has 0 aromatic carbocycles. The molecule has 15 heavy (non-hydrogen) atoms. The molecule has 0 saturated carbocycles. The Hall–Kier alpha value is -1.03. The van der Waals surface area contributed by atoms with Gasteiger partial charge in [-0.15, -0.1) is 0 Å². The Balaban J connectivity index is 2.60. The lowest BCUT2D eigenvalue weighted by Gasteiger charge is -2.20. The van der Waals surface area contributed by atoms with Crippen LogP contribution in [0, 0.1) is 0 Å². The number of rotatable bonds is 5.